The molecule has 1 saturated heterocycles. The lowest BCUT2D eigenvalue weighted by atomic mass is 10.0. The van der Waals surface area contributed by atoms with E-state index >= 15 is 0 Å². The number of anilines is 1. The topological polar surface area (TPSA) is 70.1 Å². The summed E-state index contributed by atoms with van der Waals surface area (Å²) in [4.78, 5) is 26.8. The quantitative estimate of drug-likeness (QED) is 0.925. The molecule has 2 unspecified atom stereocenters. The van der Waals surface area contributed by atoms with Gasteiger partial charge in [-0.05, 0) is 25.5 Å². The first kappa shape index (κ1) is 15.2. The fraction of sp³-hybridized carbons (Fsp3) is 0.467. The van der Waals surface area contributed by atoms with E-state index in [-0.39, 0.29) is 12.1 Å². The summed E-state index contributed by atoms with van der Waals surface area (Å²) in [6.45, 7) is 2.24. The van der Waals surface area contributed by atoms with Crippen molar-refractivity contribution < 1.29 is 19.4 Å². The lowest BCUT2D eigenvalue weighted by Crippen LogP contribution is -2.44. The van der Waals surface area contributed by atoms with Gasteiger partial charge in [0.15, 0.2) is 0 Å². The van der Waals surface area contributed by atoms with Crippen LogP contribution in [0.2, 0.25) is 0 Å². The normalized spacial score (nSPS) is 21.2. The first-order valence-electron chi connectivity index (χ1n) is 6.87. The molecule has 0 spiro atoms. The van der Waals surface area contributed by atoms with Crippen molar-refractivity contribution in [2.75, 3.05) is 25.6 Å². The Morgan fingerprint density at radius 3 is 2.71 bits per heavy atom. The van der Waals surface area contributed by atoms with Gasteiger partial charge in [0, 0.05) is 31.4 Å². The lowest BCUT2D eigenvalue weighted by Gasteiger charge is -2.29. The lowest BCUT2D eigenvalue weighted by molar-refractivity contribution is -0.142. The highest BCUT2D eigenvalue weighted by Crippen LogP contribution is 2.27. The fourth-order valence-corrected chi connectivity index (χ4v) is 2.66. The van der Waals surface area contributed by atoms with E-state index in [2.05, 4.69) is 0 Å². The van der Waals surface area contributed by atoms with Gasteiger partial charge in [-0.2, -0.15) is 0 Å². The third-order valence-corrected chi connectivity index (χ3v) is 4.05. The summed E-state index contributed by atoms with van der Waals surface area (Å²) in [5, 5.41) is 9.14. The predicted molar refractivity (Wildman–Crippen MR) is 78.7 cm³/mol. The molecule has 1 aromatic rings. The molecule has 1 aromatic carbocycles. The standard InChI is InChI=1S/C15H20N2O4/c1-10-13(14(18)19)7-8-17(10)15(20)16(2)11-5-4-6-12(9-11)21-3/h4-6,9-10,13H,7-8H2,1-3H3,(H,18,19). The number of hydrogen-bond acceptors (Lipinski definition) is 3. The number of carbonyl (C=O) groups is 2. The number of urea groups is 1. The molecule has 1 fully saturated rings. The van der Waals surface area contributed by atoms with Crippen molar-refractivity contribution in [3.8, 4) is 5.75 Å². The molecule has 2 rings (SSSR count). The molecular weight excluding hydrogens is 272 g/mol. The van der Waals surface area contributed by atoms with Crippen LogP contribution in [0.4, 0.5) is 10.5 Å². The zero-order chi connectivity index (χ0) is 15.6. The van der Waals surface area contributed by atoms with Gasteiger partial charge in [-0.3, -0.25) is 9.69 Å². The molecule has 0 bridgehead atoms. The first-order valence-corrected chi connectivity index (χ1v) is 6.87. The van der Waals surface area contributed by atoms with Crippen molar-refractivity contribution in [2.24, 2.45) is 5.92 Å². The second-order valence-electron chi connectivity index (χ2n) is 5.21. The molecular formula is C15H20N2O4. The molecule has 6 heteroatoms. The molecule has 6 nitrogen and oxygen atoms in total. The molecule has 0 aliphatic carbocycles. The molecule has 1 aliphatic rings. The molecule has 1 aliphatic heterocycles. The van der Waals surface area contributed by atoms with Crippen molar-refractivity contribution in [1.82, 2.24) is 4.90 Å². The van der Waals surface area contributed by atoms with E-state index in [4.69, 9.17) is 9.84 Å². The number of hydrogen-bond donors (Lipinski definition) is 1. The molecule has 0 radical (unpaired) electrons. The van der Waals surface area contributed by atoms with Crippen LogP contribution in [0.15, 0.2) is 24.3 Å². The van der Waals surface area contributed by atoms with Crippen LogP contribution >= 0.6 is 0 Å². The van der Waals surface area contributed by atoms with E-state index in [1.54, 1.807) is 38.1 Å². The van der Waals surface area contributed by atoms with Gasteiger partial charge in [-0.15, -0.1) is 0 Å². The SMILES string of the molecule is COc1cccc(N(C)C(=O)N2CCC(C(=O)O)C2C)c1. The van der Waals surface area contributed by atoms with Gasteiger partial charge in [-0.25, -0.2) is 4.79 Å². The Morgan fingerprint density at radius 1 is 1.43 bits per heavy atom. The summed E-state index contributed by atoms with van der Waals surface area (Å²) in [5.74, 6) is -0.667. The summed E-state index contributed by atoms with van der Waals surface area (Å²) in [6, 6.07) is 6.71. The number of aliphatic carboxylic acids is 1. The van der Waals surface area contributed by atoms with Crippen LogP contribution < -0.4 is 9.64 Å². The van der Waals surface area contributed by atoms with E-state index in [9.17, 15) is 9.59 Å². The Bertz CT molecular complexity index is 546. The molecule has 21 heavy (non-hydrogen) atoms. The monoisotopic (exact) mass is 292 g/mol. The van der Waals surface area contributed by atoms with Gasteiger partial charge in [0.1, 0.15) is 5.75 Å². The van der Waals surface area contributed by atoms with Crippen molar-refractivity contribution in [1.29, 1.82) is 0 Å². The first-order chi connectivity index (χ1) is 9.95. The van der Waals surface area contributed by atoms with E-state index in [1.807, 2.05) is 12.1 Å². The Balaban J connectivity index is 2.14. The van der Waals surface area contributed by atoms with Crippen LogP contribution in [0.1, 0.15) is 13.3 Å². The summed E-state index contributed by atoms with van der Waals surface area (Å²) in [5.41, 5.74) is 0.713. The summed E-state index contributed by atoms with van der Waals surface area (Å²) in [7, 11) is 3.25. The number of methoxy groups -OCH3 is 1. The highest BCUT2D eigenvalue weighted by Gasteiger charge is 2.39. The number of carboxylic acid groups (broad SMARTS) is 1. The summed E-state index contributed by atoms with van der Waals surface area (Å²) in [6.07, 6.45) is 0.494. The zero-order valence-corrected chi connectivity index (χ0v) is 12.4. The van der Waals surface area contributed by atoms with Crippen LogP contribution in [0.3, 0.4) is 0 Å². The maximum atomic E-state index is 12.5. The molecule has 2 atom stereocenters. The van der Waals surface area contributed by atoms with Gasteiger partial charge >= 0.3 is 12.0 Å². The molecule has 0 saturated carbocycles. The van der Waals surface area contributed by atoms with Crippen LogP contribution in [0.25, 0.3) is 0 Å². The third kappa shape index (κ3) is 2.94. The number of nitrogens with zero attached hydrogens (tertiary/aromatic N) is 2. The van der Waals surface area contributed by atoms with E-state index in [0.717, 1.165) is 0 Å². The number of amides is 2. The van der Waals surface area contributed by atoms with Gasteiger partial charge in [0.2, 0.25) is 0 Å². The van der Waals surface area contributed by atoms with Crippen molar-refractivity contribution in [2.45, 2.75) is 19.4 Å². The van der Waals surface area contributed by atoms with Crippen LogP contribution in [0, 0.1) is 5.92 Å². The minimum atomic E-state index is -0.846. The highest BCUT2D eigenvalue weighted by molar-refractivity contribution is 5.92. The van der Waals surface area contributed by atoms with Crippen molar-refractivity contribution in [3.63, 3.8) is 0 Å². The highest BCUT2D eigenvalue weighted by atomic mass is 16.5. The van der Waals surface area contributed by atoms with Gasteiger partial charge in [0.25, 0.3) is 0 Å². The second-order valence-corrected chi connectivity index (χ2v) is 5.21. The predicted octanol–water partition coefficient (Wildman–Crippen LogP) is 2.05. The van der Waals surface area contributed by atoms with Gasteiger partial charge in [0.05, 0.1) is 13.0 Å². The largest absolute Gasteiger partial charge is 0.497 e. The maximum absolute atomic E-state index is 12.5. The van der Waals surface area contributed by atoms with E-state index in [1.165, 1.54) is 4.90 Å². The number of carbonyl (C=O) groups excluding carboxylic acids is 1. The minimum absolute atomic E-state index is 0.195. The third-order valence-electron chi connectivity index (χ3n) is 4.05. The number of benzene rings is 1. The molecule has 114 valence electrons. The average molecular weight is 292 g/mol. The van der Waals surface area contributed by atoms with E-state index < -0.39 is 11.9 Å². The Morgan fingerprint density at radius 2 is 2.14 bits per heavy atom. The molecule has 2 amide bonds. The number of likely N-dealkylation sites (tertiary alicyclic amines) is 1. The molecule has 1 N–H and O–H groups in total. The Hall–Kier alpha value is -2.24. The van der Waals surface area contributed by atoms with Crippen LogP contribution in [-0.2, 0) is 4.79 Å². The van der Waals surface area contributed by atoms with E-state index in [0.29, 0.717) is 24.4 Å². The number of rotatable bonds is 3. The Kier molecular flexibility index (Phi) is 4.35. The summed E-state index contributed by atoms with van der Waals surface area (Å²) >= 11 is 0. The Labute approximate surface area is 123 Å². The fourth-order valence-electron chi connectivity index (χ4n) is 2.66. The van der Waals surface area contributed by atoms with Crippen molar-refractivity contribution >= 4 is 17.7 Å². The van der Waals surface area contributed by atoms with Gasteiger partial charge in [-0.1, -0.05) is 6.07 Å². The maximum Gasteiger partial charge on any atom is 0.324 e. The van der Waals surface area contributed by atoms with Crippen LogP contribution in [-0.4, -0.2) is 48.8 Å². The average Bonchev–Trinajstić information content (AvgIpc) is 2.87. The van der Waals surface area contributed by atoms with Crippen molar-refractivity contribution in [3.05, 3.63) is 24.3 Å². The number of carboxylic acids is 1. The molecule has 0 aromatic heterocycles. The smallest absolute Gasteiger partial charge is 0.324 e. The second kappa shape index (κ2) is 6.03. The van der Waals surface area contributed by atoms with Gasteiger partial charge < -0.3 is 14.7 Å². The minimum Gasteiger partial charge on any atom is -0.497 e. The summed E-state index contributed by atoms with van der Waals surface area (Å²) < 4.78 is 5.15. The number of ether oxygens (including phenoxy) is 1. The molecule has 1 heterocycles. The zero-order valence-electron chi connectivity index (χ0n) is 12.4. The van der Waals surface area contributed by atoms with Crippen LogP contribution in [0.5, 0.6) is 5.75 Å².